The van der Waals surface area contributed by atoms with Crippen molar-refractivity contribution in [3.05, 3.63) is 0 Å². The number of likely N-dealkylation sites (tertiary alicyclic amines) is 1. The first kappa shape index (κ1) is 10.4. The molecule has 3 nitrogen and oxygen atoms in total. The van der Waals surface area contributed by atoms with E-state index in [4.69, 9.17) is 10.5 Å². The van der Waals surface area contributed by atoms with Crippen LogP contribution >= 0.6 is 0 Å². The third-order valence-corrected chi connectivity index (χ3v) is 3.88. The summed E-state index contributed by atoms with van der Waals surface area (Å²) in [4.78, 5) is 2.49. The lowest BCUT2D eigenvalue weighted by Gasteiger charge is -2.47. The van der Waals surface area contributed by atoms with Gasteiger partial charge in [0.15, 0.2) is 0 Å². The molecule has 3 heteroatoms. The third-order valence-electron chi connectivity index (χ3n) is 3.88. The van der Waals surface area contributed by atoms with E-state index in [0.717, 1.165) is 32.2 Å². The highest BCUT2D eigenvalue weighted by Crippen LogP contribution is 2.40. The Bertz CT molecular complexity index is 184. The van der Waals surface area contributed by atoms with E-state index in [9.17, 15) is 0 Å². The zero-order valence-electron chi connectivity index (χ0n) is 9.17. The lowest BCUT2D eigenvalue weighted by molar-refractivity contribution is -0.144. The highest BCUT2D eigenvalue weighted by Gasteiger charge is 2.41. The maximum atomic E-state index is 5.56. The molecule has 0 spiro atoms. The van der Waals surface area contributed by atoms with Gasteiger partial charge in [0.2, 0.25) is 0 Å². The van der Waals surface area contributed by atoms with Gasteiger partial charge in [0.1, 0.15) is 0 Å². The second-order valence-electron chi connectivity index (χ2n) is 5.05. The van der Waals surface area contributed by atoms with E-state index in [0.29, 0.717) is 5.41 Å². The summed E-state index contributed by atoms with van der Waals surface area (Å²) in [5, 5.41) is 0. The second-order valence-corrected chi connectivity index (χ2v) is 5.05. The molecule has 2 rings (SSSR count). The molecule has 0 radical (unpaired) electrons. The smallest absolute Gasteiger partial charge is 0.0544 e. The summed E-state index contributed by atoms with van der Waals surface area (Å²) in [6.45, 7) is 8.67. The summed E-state index contributed by atoms with van der Waals surface area (Å²) in [6, 6.07) is 0. The summed E-state index contributed by atoms with van der Waals surface area (Å²) in [6.07, 6.45) is 2.67. The fourth-order valence-corrected chi connectivity index (χ4v) is 2.70. The van der Waals surface area contributed by atoms with Gasteiger partial charge in [0, 0.05) is 18.5 Å². The van der Waals surface area contributed by atoms with Crippen LogP contribution < -0.4 is 5.73 Å². The molecule has 0 aromatic rings. The van der Waals surface area contributed by atoms with Gasteiger partial charge in [0.25, 0.3) is 0 Å². The summed E-state index contributed by atoms with van der Waals surface area (Å²) in [5.74, 6) is 0.880. The molecule has 14 heavy (non-hydrogen) atoms. The number of hydrogen-bond donors (Lipinski definition) is 1. The van der Waals surface area contributed by atoms with Crippen molar-refractivity contribution in [3.8, 4) is 0 Å². The van der Waals surface area contributed by atoms with Gasteiger partial charge in [-0.25, -0.2) is 0 Å². The van der Waals surface area contributed by atoms with E-state index in [-0.39, 0.29) is 0 Å². The minimum Gasteiger partial charge on any atom is -0.380 e. The van der Waals surface area contributed by atoms with E-state index < -0.39 is 0 Å². The van der Waals surface area contributed by atoms with Crippen molar-refractivity contribution in [2.75, 3.05) is 39.4 Å². The third kappa shape index (κ3) is 1.95. The van der Waals surface area contributed by atoms with Crippen LogP contribution in [-0.2, 0) is 4.74 Å². The molecule has 0 amide bonds. The highest BCUT2D eigenvalue weighted by molar-refractivity contribution is 4.90. The van der Waals surface area contributed by atoms with Crippen LogP contribution in [0.1, 0.15) is 19.8 Å². The molecule has 0 atom stereocenters. The summed E-state index contributed by atoms with van der Waals surface area (Å²) < 4.78 is 5.33. The van der Waals surface area contributed by atoms with Crippen LogP contribution in [0.15, 0.2) is 0 Å². The average molecular weight is 198 g/mol. The molecule has 0 aromatic carbocycles. The van der Waals surface area contributed by atoms with E-state index in [1.54, 1.807) is 0 Å². The topological polar surface area (TPSA) is 38.5 Å². The maximum absolute atomic E-state index is 5.56. The van der Waals surface area contributed by atoms with Gasteiger partial charge >= 0.3 is 0 Å². The zero-order chi connectivity index (χ0) is 10.0. The molecule has 2 aliphatic heterocycles. The lowest BCUT2D eigenvalue weighted by atomic mass is 9.71. The molecule has 0 unspecified atom stereocenters. The summed E-state index contributed by atoms with van der Waals surface area (Å²) >= 11 is 0. The Hall–Kier alpha value is -0.120. The number of piperidine rings is 1. The Balaban J connectivity index is 1.78. The van der Waals surface area contributed by atoms with Crippen LogP contribution in [0.4, 0.5) is 0 Å². The average Bonchev–Trinajstić information content (AvgIpc) is 2.16. The van der Waals surface area contributed by atoms with Gasteiger partial charge in [-0.1, -0.05) is 6.92 Å². The van der Waals surface area contributed by atoms with Gasteiger partial charge in [-0.15, -0.1) is 0 Å². The van der Waals surface area contributed by atoms with Crippen LogP contribution in [0.5, 0.6) is 0 Å². The largest absolute Gasteiger partial charge is 0.380 e. The number of ether oxygens (including phenoxy) is 1. The Labute approximate surface area is 86.6 Å². The SMILES string of the molecule is CC1(C2CCN(CCN)CC2)COC1. The van der Waals surface area contributed by atoms with E-state index in [1.807, 2.05) is 0 Å². The van der Waals surface area contributed by atoms with Crippen molar-refractivity contribution in [2.45, 2.75) is 19.8 Å². The number of hydrogen-bond acceptors (Lipinski definition) is 3. The minimum absolute atomic E-state index is 0.495. The van der Waals surface area contributed by atoms with Gasteiger partial charge in [-0.2, -0.15) is 0 Å². The van der Waals surface area contributed by atoms with Crippen LogP contribution in [0.2, 0.25) is 0 Å². The van der Waals surface area contributed by atoms with Crippen molar-refractivity contribution in [1.82, 2.24) is 4.90 Å². The van der Waals surface area contributed by atoms with E-state index in [1.165, 1.54) is 25.9 Å². The van der Waals surface area contributed by atoms with Crippen molar-refractivity contribution in [3.63, 3.8) is 0 Å². The molecule has 0 saturated carbocycles. The zero-order valence-corrected chi connectivity index (χ0v) is 9.17. The molecule has 0 aromatic heterocycles. The number of rotatable bonds is 3. The molecule has 2 saturated heterocycles. The first-order chi connectivity index (χ1) is 6.74. The van der Waals surface area contributed by atoms with Gasteiger partial charge < -0.3 is 15.4 Å². The fraction of sp³-hybridized carbons (Fsp3) is 1.00. The van der Waals surface area contributed by atoms with E-state index >= 15 is 0 Å². The normalized spacial score (nSPS) is 28.7. The highest BCUT2D eigenvalue weighted by atomic mass is 16.5. The summed E-state index contributed by atoms with van der Waals surface area (Å²) in [5.41, 5.74) is 6.05. The van der Waals surface area contributed by atoms with Gasteiger partial charge in [0.05, 0.1) is 13.2 Å². The summed E-state index contributed by atoms with van der Waals surface area (Å²) in [7, 11) is 0. The predicted octanol–water partition coefficient (Wildman–Crippen LogP) is 0.694. The molecule has 2 N–H and O–H groups in total. The molecule has 0 aliphatic carbocycles. The quantitative estimate of drug-likeness (QED) is 0.725. The monoisotopic (exact) mass is 198 g/mol. The Morgan fingerprint density at radius 2 is 2.00 bits per heavy atom. The van der Waals surface area contributed by atoms with Crippen LogP contribution in [-0.4, -0.2) is 44.3 Å². The maximum Gasteiger partial charge on any atom is 0.0544 e. The number of nitrogens with two attached hydrogens (primary N) is 1. The number of nitrogens with zero attached hydrogens (tertiary/aromatic N) is 1. The van der Waals surface area contributed by atoms with Crippen LogP contribution in [0.3, 0.4) is 0 Å². The van der Waals surface area contributed by atoms with Crippen molar-refractivity contribution < 1.29 is 4.74 Å². The van der Waals surface area contributed by atoms with Crippen molar-refractivity contribution in [2.24, 2.45) is 17.1 Å². The minimum atomic E-state index is 0.495. The first-order valence-electron chi connectivity index (χ1n) is 5.75. The second kappa shape index (κ2) is 4.17. The fourth-order valence-electron chi connectivity index (χ4n) is 2.70. The first-order valence-corrected chi connectivity index (χ1v) is 5.75. The lowest BCUT2D eigenvalue weighted by Crippen LogP contribution is -2.50. The predicted molar refractivity (Wildman–Crippen MR) is 57.1 cm³/mol. The van der Waals surface area contributed by atoms with Crippen molar-refractivity contribution >= 4 is 0 Å². The molecule has 2 aliphatic rings. The molecular formula is C11H22N2O. The van der Waals surface area contributed by atoms with Crippen LogP contribution in [0.25, 0.3) is 0 Å². The van der Waals surface area contributed by atoms with E-state index in [2.05, 4.69) is 11.8 Å². The molecule has 2 fully saturated rings. The van der Waals surface area contributed by atoms with Crippen LogP contribution in [0, 0.1) is 11.3 Å². The van der Waals surface area contributed by atoms with Gasteiger partial charge in [-0.3, -0.25) is 0 Å². The Morgan fingerprint density at radius 1 is 1.36 bits per heavy atom. The van der Waals surface area contributed by atoms with Gasteiger partial charge in [-0.05, 0) is 31.8 Å². The molecule has 82 valence electrons. The molecular weight excluding hydrogens is 176 g/mol. The standard InChI is InChI=1S/C11H22N2O/c1-11(8-14-9-11)10-2-5-13(6-3-10)7-4-12/h10H,2-9,12H2,1H3. The molecule has 0 bridgehead atoms. The Morgan fingerprint density at radius 3 is 2.43 bits per heavy atom. The molecule has 2 heterocycles. The Kier molecular flexibility index (Phi) is 3.10. The van der Waals surface area contributed by atoms with Crippen molar-refractivity contribution in [1.29, 1.82) is 0 Å².